The summed E-state index contributed by atoms with van der Waals surface area (Å²) in [6.45, 7) is 2.30. The van der Waals surface area contributed by atoms with Crippen LogP contribution in [0.15, 0.2) is 77.2 Å². The van der Waals surface area contributed by atoms with Crippen LogP contribution in [0.1, 0.15) is 5.56 Å². The Labute approximate surface area is 158 Å². The third-order valence-corrected chi connectivity index (χ3v) is 4.61. The van der Waals surface area contributed by atoms with Crippen LogP contribution in [0.3, 0.4) is 0 Å². The molecule has 0 atom stereocenters. The lowest BCUT2D eigenvalue weighted by atomic mass is 10.1. The van der Waals surface area contributed by atoms with Crippen LogP contribution in [0.25, 0.3) is 21.9 Å². The molecule has 136 valence electrons. The summed E-state index contributed by atoms with van der Waals surface area (Å²) in [6, 6.07) is 24.1. The highest BCUT2D eigenvalue weighted by Gasteiger charge is 2.09. The first-order chi connectivity index (χ1) is 13.3. The number of furan rings is 1. The predicted molar refractivity (Wildman–Crippen MR) is 107 cm³/mol. The standard InChI is InChI=1S/C23H21NO3/c25-14-12-24(17-18-6-2-1-3-7-18)13-15-26-19-10-11-21-20-8-4-5-9-22(20)27-23(21)16-19/h1-11,14,16H,12-13,15,17H2. The Balaban J connectivity index is 1.41. The van der Waals surface area contributed by atoms with Gasteiger partial charge < -0.3 is 13.9 Å². The van der Waals surface area contributed by atoms with Crippen molar-refractivity contribution < 1.29 is 13.9 Å². The van der Waals surface area contributed by atoms with E-state index in [2.05, 4.69) is 23.1 Å². The number of para-hydroxylation sites is 1. The first kappa shape index (κ1) is 17.3. The Morgan fingerprint density at radius 1 is 0.889 bits per heavy atom. The summed E-state index contributed by atoms with van der Waals surface area (Å²) < 4.78 is 11.8. The molecule has 0 radical (unpaired) electrons. The van der Waals surface area contributed by atoms with Crippen LogP contribution in [0, 0.1) is 0 Å². The number of aldehydes is 1. The molecule has 0 unspecified atom stereocenters. The summed E-state index contributed by atoms with van der Waals surface area (Å²) in [4.78, 5) is 13.0. The maximum atomic E-state index is 11.0. The van der Waals surface area contributed by atoms with E-state index in [0.717, 1.165) is 40.5 Å². The number of rotatable bonds is 8. The van der Waals surface area contributed by atoms with Gasteiger partial charge in [-0.15, -0.1) is 0 Å². The normalized spacial score (nSPS) is 11.3. The van der Waals surface area contributed by atoms with Crippen molar-refractivity contribution in [3.63, 3.8) is 0 Å². The van der Waals surface area contributed by atoms with Gasteiger partial charge in [0.05, 0.1) is 6.54 Å². The molecule has 0 saturated heterocycles. The van der Waals surface area contributed by atoms with E-state index in [1.165, 1.54) is 5.56 Å². The number of hydrogen-bond donors (Lipinski definition) is 0. The van der Waals surface area contributed by atoms with E-state index < -0.39 is 0 Å². The highest BCUT2D eigenvalue weighted by atomic mass is 16.5. The van der Waals surface area contributed by atoms with Gasteiger partial charge in [-0.05, 0) is 23.8 Å². The van der Waals surface area contributed by atoms with Gasteiger partial charge in [-0.1, -0.05) is 48.5 Å². The fourth-order valence-corrected chi connectivity index (χ4v) is 3.27. The third kappa shape index (κ3) is 4.01. The average molecular weight is 359 g/mol. The zero-order valence-electron chi connectivity index (χ0n) is 15.0. The molecule has 0 bridgehead atoms. The summed E-state index contributed by atoms with van der Waals surface area (Å²) in [6.07, 6.45) is 0.934. The van der Waals surface area contributed by atoms with Crippen LogP contribution in [0.5, 0.6) is 5.75 Å². The molecule has 0 amide bonds. The van der Waals surface area contributed by atoms with Crippen molar-refractivity contribution in [1.29, 1.82) is 0 Å². The number of hydrogen-bond acceptors (Lipinski definition) is 4. The van der Waals surface area contributed by atoms with E-state index in [-0.39, 0.29) is 0 Å². The molecule has 0 fully saturated rings. The van der Waals surface area contributed by atoms with Crippen molar-refractivity contribution in [2.24, 2.45) is 0 Å². The SMILES string of the molecule is O=CCN(CCOc1ccc2c(c1)oc1ccccc12)Cc1ccccc1. The van der Waals surface area contributed by atoms with Crippen molar-refractivity contribution >= 4 is 28.2 Å². The zero-order valence-corrected chi connectivity index (χ0v) is 15.0. The van der Waals surface area contributed by atoms with Crippen LogP contribution in [0.2, 0.25) is 0 Å². The molecule has 27 heavy (non-hydrogen) atoms. The molecule has 0 spiro atoms. The lowest BCUT2D eigenvalue weighted by Crippen LogP contribution is -2.29. The van der Waals surface area contributed by atoms with Gasteiger partial charge in [0.15, 0.2) is 0 Å². The molecule has 0 aliphatic heterocycles. The highest BCUT2D eigenvalue weighted by Crippen LogP contribution is 2.30. The number of fused-ring (bicyclic) bond motifs is 3. The Kier molecular flexibility index (Phi) is 5.17. The van der Waals surface area contributed by atoms with Crippen LogP contribution < -0.4 is 4.74 Å². The number of carbonyl (C=O) groups is 1. The topological polar surface area (TPSA) is 42.7 Å². The quantitative estimate of drug-likeness (QED) is 0.429. The lowest BCUT2D eigenvalue weighted by molar-refractivity contribution is -0.109. The molecule has 0 saturated carbocycles. The van der Waals surface area contributed by atoms with Crippen molar-refractivity contribution in [3.8, 4) is 5.75 Å². The van der Waals surface area contributed by atoms with Crippen molar-refractivity contribution in [1.82, 2.24) is 4.90 Å². The van der Waals surface area contributed by atoms with E-state index in [4.69, 9.17) is 9.15 Å². The Morgan fingerprint density at radius 2 is 1.67 bits per heavy atom. The van der Waals surface area contributed by atoms with Crippen molar-refractivity contribution in [2.75, 3.05) is 19.7 Å². The minimum absolute atomic E-state index is 0.390. The molecule has 4 rings (SSSR count). The second-order valence-corrected chi connectivity index (χ2v) is 6.49. The first-order valence-corrected chi connectivity index (χ1v) is 9.07. The Hall–Kier alpha value is -3.11. The van der Waals surface area contributed by atoms with Crippen LogP contribution >= 0.6 is 0 Å². The second kappa shape index (κ2) is 8.06. The van der Waals surface area contributed by atoms with E-state index in [9.17, 15) is 4.79 Å². The summed E-state index contributed by atoms with van der Waals surface area (Å²) in [7, 11) is 0. The number of ether oxygens (including phenoxy) is 1. The van der Waals surface area contributed by atoms with Gasteiger partial charge in [-0.25, -0.2) is 0 Å². The molecule has 1 aromatic heterocycles. The van der Waals surface area contributed by atoms with Crippen LogP contribution in [-0.4, -0.2) is 30.9 Å². The van der Waals surface area contributed by atoms with Crippen LogP contribution in [-0.2, 0) is 11.3 Å². The summed E-state index contributed by atoms with van der Waals surface area (Å²) in [5.74, 6) is 0.771. The average Bonchev–Trinajstić information content (AvgIpc) is 3.07. The van der Waals surface area contributed by atoms with Crippen molar-refractivity contribution in [2.45, 2.75) is 6.54 Å². The predicted octanol–water partition coefficient (Wildman–Crippen LogP) is 4.67. The molecule has 3 aromatic carbocycles. The lowest BCUT2D eigenvalue weighted by Gasteiger charge is -2.20. The highest BCUT2D eigenvalue weighted by molar-refractivity contribution is 6.05. The van der Waals surface area contributed by atoms with Crippen LogP contribution in [0.4, 0.5) is 0 Å². The molecule has 4 aromatic rings. The Bertz CT molecular complexity index is 1040. The molecular formula is C23H21NO3. The summed E-state index contributed by atoms with van der Waals surface area (Å²) in [5, 5.41) is 2.20. The number of benzene rings is 3. The van der Waals surface area contributed by atoms with Gasteiger partial charge in [0.25, 0.3) is 0 Å². The zero-order chi connectivity index (χ0) is 18.5. The molecular weight excluding hydrogens is 338 g/mol. The first-order valence-electron chi connectivity index (χ1n) is 9.07. The van der Waals surface area contributed by atoms with E-state index in [0.29, 0.717) is 19.7 Å². The van der Waals surface area contributed by atoms with Gasteiger partial charge in [0.2, 0.25) is 0 Å². The molecule has 4 heteroatoms. The van der Waals surface area contributed by atoms with E-state index in [1.807, 2.05) is 54.6 Å². The monoisotopic (exact) mass is 359 g/mol. The fourth-order valence-electron chi connectivity index (χ4n) is 3.27. The largest absolute Gasteiger partial charge is 0.492 e. The molecule has 4 nitrogen and oxygen atoms in total. The van der Waals surface area contributed by atoms with Gasteiger partial charge in [-0.2, -0.15) is 0 Å². The minimum atomic E-state index is 0.390. The second-order valence-electron chi connectivity index (χ2n) is 6.49. The van der Waals surface area contributed by atoms with Gasteiger partial charge >= 0.3 is 0 Å². The molecule has 0 N–H and O–H groups in total. The van der Waals surface area contributed by atoms with Crippen molar-refractivity contribution in [3.05, 3.63) is 78.4 Å². The van der Waals surface area contributed by atoms with Gasteiger partial charge in [-0.3, -0.25) is 4.90 Å². The summed E-state index contributed by atoms with van der Waals surface area (Å²) in [5.41, 5.74) is 2.88. The molecule has 0 aliphatic rings. The van der Waals surface area contributed by atoms with E-state index in [1.54, 1.807) is 0 Å². The number of carbonyl (C=O) groups excluding carboxylic acids is 1. The maximum Gasteiger partial charge on any atom is 0.139 e. The fraction of sp³-hybridized carbons (Fsp3) is 0.174. The smallest absolute Gasteiger partial charge is 0.139 e. The Morgan fingerprint density at radius 3 is 2.52 bits per heavy atom. The number of nitrogens with zero attached hydrogens (tertiary/aromatic N) is 1. The maximum absolute atomic E-state index is 11.0. The summed E-state index contributed by atoms with van der Waals surface area (Å²) >= 11 is 0. The van der Waals surface area contributed by atoms with Gasteiger partial charge in [0, 0.05) is 29.9 Å². The van der Waals surface area contributed by atoms with Gasteiger partial charge in [0.1, 0.15) is 29.8 Å². The van der Waals surface area contributed by atoms with E-state index >= 15 is 0 Å². The molecule has 1 heterocycles. The minimum Gasteiger partial charge on any atom is -0.492 e. The molecule has 0 aliphatic carbocycles. The third-order valence-electron chi connectivity index (χ3n) is 4.61.